The Balaban J connectivity index is 1.67. The van der Waals surface area contributed by atoms with Gasteiger partial charge in [0.2, 0.25) is 0 Å². The number of hydrogen-bond donors (Lipinski definition) is 1. The smallest absolute Gasteiger partial charge is 0.410 e. The van der Waals surface area contributed by atoms with Crippen molar-refractivity contribution in [2.24, 2.45) is 0 Å². The molecule has 1 aromatic carbocycles. The maximum absolute atomic E-state index is 12.4. The van der Waals surface area contributed by atoms with Crippen molar-refractivity contribution in [1.82, 2.24) is 4.90 Å². The highest BCUT2D eigenvalue weighted by Gasteiger charge is 2.45. The summed E-state index contributed by atoms with van der Waals surface area (Å²) in [5.74, 6) is 0.260. The van der Waals surface area contributed by atoms with Crippen molar-refractivity contribution in [3.8, 4) is 5.75 Å². The van der Waals surface area contributed by atoms with Gasteiger partial charge >= 0.3 is 6.09 Å². The molecule has 5 nitrogen and oxygen atoms in total. The lowest BCUT2D eigenvalue weighted by Crippen LogP contribution is -2.51. The predicted octanol–water partition coefficient (Wildman–Crippen LogP) is 4.01. The molecule has 2 heterocycles. The number of aromatic hydroxyl groups is 1. The molecule has 2 fully saturated rings. The summed E-state index contributed by atoms with van der Waals surface area (Å²) in [6, 6.07) is 7.25. The molecule has 2 atom stereocenters. The van der Waals surface area contributed by atoms with Gasteiger partial charge in [-0.1, -0.05) is 12.1 Å². The molecular weight excluding hydrogens is 306 g/mol. The fourth-order valence-electron chi connectivity index (χ4n) is 3.65. The Bertz CT molecular complexity index is 610. The number of hydrogen-bond acceptors (Lipinski definition) is 4. The highest BCUT2D eigenvalue weighted by Crippen LogP contribution is 2.44. The zero-order chi connectivity index (χ0) is 17.4. The van der Waals surface area contributed by atoms with Crippen molar-refractivity contribution in [3.63, 3.8) is 0 Å². The van der Waals surface area contributed by atoms with E-state index >= 15 is 0 Å². The van der Waals surface area contributed by atoms with Crippen LogP contribution in [0.3, 0.4) is 0 Å². The third-order valence-corrected chi connectivity index (χ3v) is 4.69. The maximum Gasteiger partial charge on any atom is 0.410 e. The van der Waals surface area contributed by atoms with Gasteiger partial charge in [0.25, 0.3) is 0 Å². The lowest BCUT2D eigenvalue weighted by Gasteiger charge is -2.40. The van der Waals surface area contributed by atoms with Crippen LogP contribution in [0.15, 0.2) is 24.3 Å². The normalized spacial score (nSPS) is 27.5. The van der Waals surface area contributed by atoms with Gasteiger partial charge in [-0.25, -0.2) is 4.79 Å². The number of carbonyl (C=O) groups is 1. The Kier molecular flexibility index (Phi) is 4.47. The van der Waals surface area contributed by atoms with E-state index in [0.29, 0.717) is 6.54 Å². The van der Waals surface area contributed by atoms with Gasteiger partial charge in [-0.3, -0.25) is 0 Å². The van der Waals surface area contributed by atoms with Gasteiger partial charge in [-0.2, -0.15) is 0 Å². The molecule has 0 unspecified atom stereocenters. The summed E-state index contributed by atoms with van der Waals surface area (Å²) < 4.78 is 11.9. The molecule has 132 valence electrons. The second-order valence-corrected chi connectivity index (χ2v) is 7.93. The summed E-state index contributed by atoms with van der Waals surface area (Å²) in [5.41, 5.74) is 0.231. The molecule has 0 saturated carbocycles. The van der Waals surface area contributed by atoms with E-state index in [0.717, 1.165) is 37.8 Å². The molecule has 0 bridgehead atoms. The number of likely N-dealkylation sites (tertiary alicyclic amines) is 1. The number of nitrogens with zero attached hydrogens (tertiary/aromatic N) is 1. The Morgan fingerprint density at radius 2 is 2.17 bits per heavy atom. The van der Waals surface area contributed by atoms with Crippen LogP contribution in [0.4, 0.5) is 4.79 Å². The van der Waals surface area contributed by atoms with Crippen molar-refractivity contribution in [3.05, 3.63) is 29.8 Å². The molecule has 2 saturated heterocycles. The summed E-state index contributed by atoms with van der Waals surface area (Å²) in [4.78, 5) is 14.1. The number of carbonyl (C=O) groups excluding carboxylic acids is 1. The van der Waals surface area contributed by atoms with Gasteiger partial charge in [0.05, 0.1) is 18.2 Å². The topological polar surface area (TPSA) is 59.0 Å². The second-order valence-electron chi connectivity index (χ2n) is 7.93. The molecule has 1 amide bonds. The summed E-state index contributed by atoms with van der Waals surface area (Å²) in [6.07, 6.45) is 3.44. The molecule has 0 radical (unpaired) electrons. The largest absolute Gasteiger partial charge is 0.508 e. The molecule has 2 aliphatic heterocycles. The van der Waals surface area contributed by atoms with E-state index < -0.39 is 5.60 Å². The number of benzene rings is 1. The number of phenols is 1. The van der Waals surface area contributed by atoms with E-state index in [1.807, 2.05) is 32.9 Å². The first-order valence-corrected chi connectivity index (χ1v) is 8.71. The Morgan fingerprint density at radius 3 is 2.88 bits per heavy atom. The molecule has 1 aromatic rings. The maximum atomic E-state index is 12.4. The quantitative estimate of drug-likeness (QED) is 0.843. The predicted molar refractivity (Wildman–Crippen MR) is 90.9 cm³/mol. The first-order valence-electron chi connectivity index (χ1n) is 8.71. The average Bonchev–Trinajstić information content (AvgIpc) is 2.89. The van der Waals surface area contributed by atoms with E-state index in [9.17, 15) is 9.90 Å². The minimum Gasteiger partial charge on any atom is -0.508 e. The number of rotatable bonds is 1. The molecular formula is C19H27NO4. The fourth-order valence-corrected chi connectivity index (χ4v) is 3.65. The molecule has 5 heteroatoms. The number of ether oxygens (including phenoxy) is 2. The molecule has 1 N–H and O–H groups in total. The van der Waals surface area contributed by atoms with E-state index in [2.05, 4.69) is 0 Å². The molecule has 1 spiro atoms. The van der Waals surface area contributed by atoms with Crippen LogP contribution in [0, 0.1) is 0 Å². The van der Waals surface area contributed by atoms with Crippen LogP contribution in [0.5, 0.6) is 5.75 Å². The summed E-state index contributed by atoms with van der Waals surface area (Å²) >= 11 is 0. The van der Waals surface area contributed by atoms with Gasteiger partial charge < -0.3 is 19.5 Å². The van der Waals surface area contributed by atoms with Crippen molar-refractivity contribution < 1.29 is 19.4 Å². The van der Waals surface area contributed by atoms with Crippen LogP contribution in [-0.4, -0.2) is 40.4 Å². The van der Waals surface area contributed by atoms with Gasteiger partial charge in [-0.15, -0.1) is 0 Å². The van der Waals surface area contributed by atoms with E-state index in [4.69, 9.17) is 9.47 Å². The second kappa shape index (κ2) is 6.28. The monoisotopic (exact) mass is 333 g/mol. The third kappa shape index (κ3) is 3.83. The zero-order valence-corrected chi connectivity index (χ0v) is 14.7. The lowest BCUT2D eigenvalue weighted by atomic mass is 9.90. The van der Waals surface area contributed by atoms with Crippen LogP contribution in [0.2, 0.25) is 0 Å². The molecule has 0 aromatic heterocycles. The number of amides is 1. The fraction of sp³-hybridized carbons (Fsp3) is 0.632. The van der Waals surface area contributed by atoms with Crippen LogP contribution in [0.25, 0.3) is 0 Å². The first-order chi connectivity index (χ1) is 11.3. The molecule has 3 rings (SSSR count). The van der Waals surface area contributed by atoms with Gasteiger partial charge in [0.1, 0.15) is 11.4 Å². The number of piperidine rings is 1. The van der Waals surface area contributed by atoms with Gasteiger partial charge in [0, 0.05) is 6.54 Å². The lowest BCUT2D eigenvalue weighted by molar-refractivity contribution is -0.0858. The summed E-state index contributed by atoms with van der Waals surface area (Å²) in [5, 5.41) is 9.67. The minimum absolute atomic E-state index is 0.0179. The van der Waals surface area contributed by atoms with Gasteiger partial charge in [-0.05, 0) is 64.2 Å². The average molecular weight is 333 g/mol. The summed E-state index contributed by atoms with van der Waals surface area (Å²) in [7, 11) is 0. The minimum atomic E-state index is -0.484. The third-order valence-electron chi connectivity index (χ3n) is 4.69. The van der Waals surface area contributed by atoms with Crippen LogP contribution in [0.1, 0.15) is 58.1 Å². The van der Waals surface area contributed by atoms with Crippen LogP contribution < -0.4 is 0 Å². The highest BCUT2D eigenvalue weighted by atomic mass is 16.6. The first kappa shape index (κ1) is 17.1. The van der Waals surface area contributed by atoms with E-state index in [1.165, 1.54) is 0 Å². The summed E-state index contributed by atoms with van der Waals surface area (Å²) in [6.45, 7) is 6.95. The number of phenolic OH excluding ortho intramolecular Hbond substituents is 1. The van der Waals surface area contributed by atoms with Crippen LogP contribution in [-0.2, 0) is 9.47 Å². The zero-order valence-electron chi connectivity index (χ0n) is 14.7. The van der Waals surface area contributed by atoms with Gasteiger partial charge in [0.15, 0.2) is 0 Å². The van der Waals surface area contributed by atoms with Crippen molar-refractivity contribution in [2.45, 2.75) is 63.8 Å². The van der Waals surface area contributed by atoms with E-state index in [-0.39, 0.29) is 23.5 Å². The van der Waals surface area contributed by atoms with Crippen LogP contribution >= 0.6 is 0 Å². The van der Waals surface area contributed by atoms with E-state index in [1.54, 1.807) is 17.0 Å². The molecule has 2 aliphatic rings. The Labute approximate surface area is 143 Å². The van der Waals surface area contributed by atoms with Crippen molar-refractivity contribution in [2.75, 3.05) is 13.1 Å². The standard InChI is InChI=1S/C19H27NO4/c1-18(2,3)24-17(22)20-11-5-9-19(13-20)10-8-16(23-19)14-6-4-7-15(21)12-14/h4,6-7,12,16,21H,5,8-11,13H2,1-3H3/t16-,19+/m0/s1. The molecule has 0 aliphatic carbocycles. The van der Waals surface area contributed by atoms with Crippen molar-refractivity contribution in [1.29, 1.82) is 0 Å². The SMILES string of the molecule is CC(C)(C)OC(=O)N1CCC[C@@]2(CC[C@@H](c3cccc(O)c3)O2)C1. The Morgan fingerprint density at radius 1 is 1.38 bits per heavy atom. The highest BCUT2D eigenvalue weighted by molar-refractivity contribution is 5.68. The Hall–Kier alpha value is -1.75. The van der Waals surface area contributed by atoms with Crippen molar-refractivity contribution >= 4 is 6.09 Å². The molecule has 24 heavy (non-hydrogen) atoms.